The topological polar surface area (TPSA) is 30.5 Å². The maximum absolute atomic E-state index is 5.83. The van der Waals surface area contributed by atoms with Crippen LogP contribution in [0.5, 0.6) is 11.5 Å². The van der Waals surface area contributed by atoms with Crippen LogP contribution < -0.4 is 14.8 Å². The zero-order chi connectivity index (χ0) is 12.5. The Balaban J connectivity index is 2.11. The third-order valence-corrected chi connectivity index (χ3v) is 4.34. The summed E-state index contributed by atoms with van der Waals surface area (Å²) in [4.78, 5) is 0. The van der Waals surface area contributed by atoms with Gasteiger partial charge >= 0.3 is 0 Å². The average molecular weight is 312 g/mol. The fourth-order valence-corrected chi connectivity index (χ4v) is 3.62. The normalized spacial score (nSPS) is 22.2. The molecule has 3 nitrogen and oxygen atoms in total. The van der Waals surface area contributed by atoms with E-state index in [2.05, 4.69) is 34.2 Å². The Morgan fingerprint density at radius 3 is 2.94 bits per heavy atom. The highest BCUT2D eigenvalue weighted by molar-refractivity contribution is 9.10. The van der Waals surface area contributed by atoms with Gasteiger partial charge in [-0.3, -0.25) is 0 Å². The maximum atomic E-state index is 5.83. The van der Waals surface area contributed by atoms with Crippen LogP contribution in [0, 0.1) is 0 Å². The van der Waals surface area contributed by atoms with E-state index in [0.29, 0.717) is 19.3 Å². The quantitative estimate of drug-likeness (QED) is 0.909. The zero-order valence-electron chi connectivity index (χ0n) is 10.6. The smallest absolute Gasteiger partial charge is 0.164 e. The average Bonchev–Trinajstić information content (AvgIpc) is 2.90. The molecule has 0 aliphatic carbocycles. The molecule has 4 heteroatoms. The van der Waals surface area contributed by atoms with Crippen molar-refractivity contribution in [1.82, 2.24) is 5.32 Å². The summed E-state index contributed by atoms with van der Waals surface area (Å²) in [5, 5.41) is 3.57. The summed E-state index contributed by atoms with van der Waals surface area (Å²) in [6, 6.07) is 2.51. The van der Waals surface area contributed by atoms with Crippen molar-refractivity contribution < 1.29 is 9.47 Å². The Bertz CT molecular complexity index is 456. The lowest BCUT2D eigenvalue weighted by molar-refractivity contribution is 0.169. The Morgan fingerprint density at radius 2 is 2.22 bits per heavy atom. The van der Waals surface area contributed by atoms with E-state index >= 15 is 0 Å². The van der Waals surface area contributed by atoms with Crippen molar-refractivity contribution in [2.45, 2.75) is 32.2 Å². The second kappa shape index (κ2) is 5.10. The number of fused-ring (bicyclic) bond motifs is 1. The minimum atomic E-state index is 0.449. The lowest BCUT2D eigenvalue weighted by atomic mass is 9.96. The van der Waals surface area contributed by atoms with Gasteiger partial charge in [0.15, 0.2) is 11.5 Å². The van der Waals surface area contributed by atoms with Gasteiger partial charge in [-0.15, -0.1) is 0 Å². The molecule has 0 saturated carbocycles. The van der Waals surface area contributed by atoms with Crippen LogP contribution in [0.25, 0.3) is 0 Å². The molecule has 1 fully saturated rings. The molecular formula is C14H18BrNO2. The highest BCUT2D eigenvalue weighted by Gasteiger charge is 2.27. The van der Waals surface area contributed by atoms with Crippen LogP contribution in [-0.2, 0) is 6.42 Å². The largest absolute Gasteiger partial charge is 0.486 e. The Morgan fingerprint density at radius 1 is 1.39 bits per heavy atom. The fourth-order valence-electron chi connectivity index (χ4n) is 2.89. The highest BCUT2D eigenvalue weighted by Crippen LogP contribution is 2.44. The van der Waals surface area contributed by atoms with Crippen LogP contribution >= 0.6 is 15.9 Å². The molecule has 1 unspecified atom stereocenters. The fraction of sp³-hybridized carbons (Fsp3) is 0.571. The van der Waals surface area contributed by atoms with E-state index in [4.69, 9.17) is 9.47 Å². The Labute approximate surface area is 116 Å². The lowest BCUT2D eigenvalue weighted by Crippen LogP contribution is -2.20. The Hall–Kier alpha value is -0.740. The monoisotopic (exact) mass is 311 g/mol. The third-order valence-electron chi connectivity index (χ3n) is 3.69. The SMILES string of the molecule is CCc1c2c(cc(Br)c1C1CCCN1)OCCO2. The van der Waals surface area contributed by atoms with Crippen molar-refractivity contribution in [3.05, 3.63) is 21.7 Å². The van der Waals surface area contributed by atoms with Crippen LogP contribution in [0.15, 0.2) is 10.5 Å². The van der Waals surface area contributed by atoms with E-state index in [1.54, 1.807) is 0 Å². The molecule has 1 aromatic rings. The number of halogens is 1. The molecule has 1 aromatic carbocycles. The summed E-state index contributed by atoms with van der Waals surface area (Å²) in [7, 11) is 0. The number of benzene rings is 1. The molecule has 1 N–H and O–H groups in total. The van der Waals surface area contributed by atoms with Gasteiger partial charge in [-0.25, -0.2) is 0 Å². The highest BCUT2D eigenvalue weighted by atomic mass is 79.9. The molecule has 2 aliphatic rings. The first-order chi connectivity index (χ1) is 8.81. The summed E-state index contributed by atoms with van der Waals surface area (Å²) < 4.78 is 12.7. The van der Waals surface area contributed by atoms with E-state index in [-0.39, 0.29) is 0 Å². The molecule has 1 saturated heterocycles. The molecule has 3 rings (SSSR count). The van der Waals surface area contributed by atoms with Gasteiger partial charge < -0.3 is 14.8 Å². The van der Waals surface area contributed by atoms with E-state index in [1.165, 1.54) is 24.0 Å². The second-order valence-corrected chi connectivity index (χ2v) is 5.63. The minimum Gasteiger partial charge on any atom is -0.486 e. The molecule has 0 bridgehead atoms. The molecule has 0 aromatic heterocycles. The summed E-state index contributed by atoms with van der Waals surface area (Å²) in [5.41, 5.74) is 2.65. The molecule has 98 valence electrons. The number of ether oxygens (including phenoxy) is 2. The summed E-state index contributed by atoms with van der Waals surface area (Å²) in [5.74, 6) is 1.84. The van der Waals surface area contributed by atoms with Gasteiger partial charge in [-0.1, -0.05) is 22.9 Å². The molecule has 0 radical (unpaired) electrons. The molecule has 2 heterocycles. The van der Waals surface area contributed by atoms with Gasteiger partial charge in [0.1, 0.15) is 13.2 Å². The molecule has 2 aliphatic heterocycles. The second-order valence-electron chi connectivity index (χ2n) is 4.78. The van der Waals surface area contributed by atoms with E-state index < -0.39 is 0 Å². The van der Waals surface area contributed by atoms with Crippen LogP contribution in [0.4, 0.5) is 0 Å². The first-order valence-electron chi connectivity index (χ1n) is 6.65. The van der Waals surface area contributed by atoms with Crippen molar-refractivity contribution in [3.63, 3.8) is 0 Å². The first kappa shape index (κ1) is 12.3. The summed E-state index contributed by atoms with van der Waals surface area (Å²) >= 11 is 3.70. The van der Waals surface area contributed by atoms with Gasteiger partial charge in [0, 0.05) is 16.1 Å². The van der Waals surface area contributed by atoms with E-state index in [1.807, 2.05) is 0 Å². The lowest BCUT2D eigenvalue weighted by Gasteiger charge is -2.26. The van der Waals surface area contributed by atoms with Gasteiger partial charge in [-0.05, 0) is 37.4 Å². The predicted octanol–water partition coefficient (Wildman–Crippen LogP) is 3.21. The van der Waals surface area contributed by atoms with Crippen molar-refractivity contribution in [2.75, 3.05) is 19.8 Å². The van der Waals surface area contributed by atoms with Crippen molar-refractivity contribution in [1.29, 1.82) is 0 Å². The van der Waals surface area contributed by atoms with Gasteiger partial charge in [0.2, 0.25) is 0 Å². The van der Waals surface area contributed by atoms with Gasteiger partial charge in [-0.2, -0.15) is 0 Å². The van der Waals surface area contributed by atoms with E-state index in [0.717, 1.165) is 28.9 Å². The maximum Gasteiger partial charge on any atom is 0.164 e. The van der Waals surface area contributed by atoms with Crippen LogP contribution in [-0.4, -0.2) is 19.8 Å². The number of rotatable bonds is 2. The van der Waals surface area contributed by atoms with Crippen molar-refractivity contribution in [3.8, 4) is 11.5 Å². The van der Waals surface area contributed by atoms with Crippen molar-refractivity contribution in [2.24, 2.45) is 0 Å². The summed E-state index contributed by atoms with van der Waals surface area (Å²) in [6.07, 6.45) is 3.42. The molecule has 0 spiro atoms. The predicted molar refractivity (Wildman–Crippen MR) is 74.5 cm³/mol. The Kier molecular flexibility index (Phi) is 3.48. The van der Waals surface area contributed by atoms with Crippen LogP contribution in [0.3, 0.4) is 0 Å². The van der Waals surface area contributed by atoms with E-state index in [9.17, 15) is 0 Å². The number of hydrogen-bond acceptors (Lipinski definition) is 3. The van der Waals surface area contributed by atoms with Gasteiger partial charge in [0.05, 0.1) is 0 Å². The standard InChI is InChI=1S/C14H18BrNO2/c1-2-9-13(11-4-3-5-16-11)10(15)8-12-14(9)18-7-6-17-12/h8,11,16H,2-7H2,1H3. The molecule has 1 atom stereocenters. The molecule has 18 heavy (non-hydrogen) atoms. The minimum absolute atomic E-state index is 0.449. The first-order valence-corrected chi connectivity index (χ1v) is 7.44. The third kappa shape index (κ3) is 2.01. The zero-order valence-corrected chi connectivity index (χ0v) is 12.2. The number of nitrogens with one attached hydrogen (secondary N) is 1. The molecule has 0 amide bonds. The summed E-state index contributed by atoms with van der Waals surface area (Å²) in [6.45, 7) is 4.58. The van der Waals surface area contributed by atoms with Gasteiger partial charge in [0.25, 0.3) is 0 Å². The van der Waals surface area contributed by atoms with Crippen LogP contribution in [0.1, 0.15) is 36.9 Å². The van der Waals surface area contributed by atoms with Crippen LogP contribution in [0.2, 0.25) is 0 Å². The number of hydrogen-bond donors (Lipinski definition) is 1. The van der Waals surface area contributed by atoms with Crippen molar-refractivity contribution >= 4 is 15.9 Å². The molecular weight excluding hydrogens is 294 g/mol.